The molecule has 188 valence electrons. The molecule has 0 N–H and O–H groups in total. The van der Waals surface area contributed by atoms with E-state index >= 15 is 0 Å². The lowest BCUT2D eigenvalue weighted by Gasteiger charge is -2.25. The zero-order chi connectivity index (χ0) is 25.7. The summed E-state index contributed by atoms with van der Waals surface area (Å²) in [5.74, 6) is 0.0634. The van der Waals surface area contributed by atoms with Gasteiger partial charge < -0.3 is 9.47 Å². The molecular formula is C28H31N3O3S2. The summed E-state index contributed by atoms with van der Waals surface area (Å²) in [7, 11) is -3.74. The van der Waals surface area contributed by atoms with E-state index in [-0.39, 0.29) is 29.3 Å². The smallest absolute Gasteiger partial charge is 0.264 e. The Morgan fingerprint density at radius 1 is 1.03 bits per heavy atom. The van der Waals surface area contributed by atoms with Crippen LogP contribution in [0.5, 0.6) is 0 Å². The number of thiophene rings is 1. The lowest BCUT2D eigenvalue weighted by atomic mass is 10.1. The number of carbonyl (C=O) groups excluding carboxylic acids is 1. The monoisotopic (exact) mass is 521 g/mol. The van der Waals surface area contributed by atoms with Gasteiger partial charge in [0.25, 0.3) is 5.91 Å². The van der Waals surface area contributed by atoms with E-state index in [1.807, 2.05) is 79.0 Å². The molecule has 2 aromatic heterocycles. The topological polar surface area (TPSA) is 72.3 Å². The summed E-state index contributed by atoms with van der Waals surface area (Å²) in [6.45, 7) is 7.21. The molecule has 0 saturated heterocycles. The van der Waals surface area contributed by atoms with Crippen LogP contribution in [0.1, 0.15) is 45.9 Å². The molecule has 0 aliphatic heterocycles. The Hall–Kier alpha value is -3.23. The molecule has 0 unspecified atom stereocenters. The zero-order valence-corrected chi connectivity index (χ0v) is 22.4. The predicted molar refractivity (Wildman–Crippen MR) is 144 cm³/mol. The van der Waals surface area contributed by atoms with Crippen LogP contribution >= 0.6 is 11.3 Å². The van der Waals surface area contributed by atoms with Crippen molar-refractivity contribution < 1.29 is 13.2 Å². The highest BCUT2D eigenvalue weighted by Crippen LogP contribution is 2.23. The van der Waals surface area contributed by atoms with Gasteiger partial charge in [-0.2, -0.15) is 0 Å². The molecule has 0 spiro atoms. The molecule has 2 aromatic carbocycles. The Morgan fingerprint density at radius 3 is 2.42 bits per heavy atom. The highest BCUT2D eigenvalue weighted by Gasteiger charge is 2.27. The molecule has 0 aliphatic rings. The fraction of sp³-hybridized carbons (Fsp3) is 0.286. The second kappa shape index (κ2) is 11.2. The number of nitrogens with zero attached hydrogens (tertiary/aromatic N) is 3. The van der Waals surface area contributed by atoms with Gasteiger partial charge in [-0.25, -0.2) is 13.4 Å². The van der Waals surface area contributed by atoms with Crippen LogP contribution in [0.25, 0.3) is 0 Å². The van der Waals surface area contributed by atoms with E-state index < -0.39 is 9.84 Å². The molecular weight excluding hydrogens is 490 g/mol. The fourth-order valence-electron chi connectivity index (χ4n) is 4.15. The average molecular weight is 522 g/mol. The minimum Gasteiger partial charge on any atom is -0.332 e. The molecule has 2 heterocycles. The van der Waals surface area contributed by atoms with Crippen molar-refractivity contribution in [2.45, 2.75) is 44.8 Å². The minimum atomic E-state index is -3.74. The molecule has 4 rings (SSSR count). The van der Waals surface area contributed by atoms with Crippen LogP contribution in [0.2, 0.25) is 0 Å². The Balaban J connectivity index is 1.73. The molecule has 8 heteroatoms. The Bertz CT molecular complexity index is 1410. The third-order valence-electron chi connectivity index (χ3n) is 5.93. The van der Waals surface area contributed by atoms with Crippen LogP contribution in [0.4, 0.5) is 0 Å². The number of aryl methyl sites for hydroxylation is 1. The zero-order valence-electron chi connectivity index (χ0n) is 20.8. The Morgan fingerprint density at radius 2 is 1.75 bits per heavy atom. The van der Waals surface area contributed by atoms with Gasteiger partial charge in [-0.1, -0.05) is 74.5 Å². The van der Waals surface area contributed by atoms with E-state index in [4.69, 9.17) is 0 Å². The number of amides is 1. The normalized spacial score (nSPS) is 11.7. The number of imidazole rings is 1. The van der Waals surface area contributed by atoms with Crippen LogP contribution in [0, 0.1) is 12.8 Å². The molecule has 0 fully saturated rings. The van der Waals surface area contributed by atoms with Gasteiger partial charge in [0, 0.05) is 6.54 Å². The van der Waals surface area contributed by atoms with E-state index in [9.17, 15) is 13.2 Å². The maximum absolute atomic E-state index is 13.6. The Labute approximate surface area is 217 Å². The summed E-state index contributed by atoms with van der Waals surface area (Å²) in [4.78, 5) is 20.1. The molecule has 36 heavy (non-hydrogen) atoms. The van der Waals surface area contributed by atoms with Crippen LogP contribution < -0.4 is 0 Å². The fourth-order valence-corrected chi connectivity index (χ4v) is 6.44. The summed E-state index contributed by atoms with van der Waals surface area (Å²) in [5, 5.41) is 1.91. The van der Waals surface area contributed by atoms with Crippen LogP contribution in [-0.2, 0) is 28.7 Å². The lowest BCUT2D eigenvalue weighted by molar-refractivity contribution is 0.0723. The SMILES string of the molecule is Cc1ccccc1CS(=O)(=O)c1ncc(CN(CC(C)C)C(=O)c2cccs2)n1Cc1ccccc1. The average Bonchev–Trinajstić information content (AvgIpc) is 3.51. The highest BCUT2D eigenvalue weighted by molar-refractivity contribution is 7.90. The summed E-state index contributed by atoms with van der Waals surface area (Å²) in [5.41, 5.74) is 3.33. The van der Waals surface area contributed by atoms with Gasteiger partial charge in [0.2, 0.25) is 15.0 Å². The molecule has 1 amide bonds. The summed E-state index contributed by atoms with van der Waals surface area (Å²) in [6, 6.07) is 20.9. The van der Waals surface area contributed by atoms with Gasteiger partial charge >= 0.3 is 0 Å². The van der Waals surface area contributed by atoms with Gasteiger partial charge in [0.15, 0.2) is 0 Å². The van der Waals surface area contributed by atoms with Crippen molar-refractivity contribution >= 4 is 27.1 Å². The second-order valence-electron chi connectivity index (χ2n) is 9.35. The van der Waals surface area contributed by atoms with E-state index in [1.165, 1.54) is 11.3 Å². The second-order valence-corrected chi connectivity index (χ2v) is 12.2. The first-order chi connectivity index (χ1) is 17.2. The van der Waals surface area contributed by atoms with Crippen molar-refractivity contribution in [1.82, 2.24) is 14.5 Å². The van der Waals surface area contributed by atoms with Crippen molar-refractivity contribution in [2.24, 2.45) is 5.92 Å². The molecule has 0 bridgehead atoms. The van der Waals surface area contributed by atoms with Crippen molar-refractivity contribution in [1.29, 1.82) is 0 Å². The van der Waals surface area contributed by atoms with Gasteiger partial charge in [-0.3, -0.25) is 4.79 Å². The van der Waals surface area contributed by atoms with E-state index in [1.54, 1.807) is 15.7 Å². The third-order valence-corrected chi connectivity index (χ3v) is 8.36. The molecule has 4 aromatic rings. The lowest BCUT2D eigenvalue weighted by Crippen LogP contribution is -2.34. The van der Waals surface area contributed by atoms with Crippen LogP contribution in [0.15, 0.2) is 83.5 Å². The Kier molecular flexibility index (Phi) is 8.06. The van der Waals surface area contributed by atoms with E-state index in [0.29, 0.717) is 23.7 Å². The van der Waals surface area contributed by atoms with Gasteiger partial charge in [0.05, 0.1) is 35.6 Å². The number of sulfone groups is 1. The van der Waals surface area contributed by atoms with Crippen molar-refractivity contribution in [3.8, 4) is 0 Å². The predicted octanol–water partition coefficient (Wildman–Crippen LogP) is 5.57. The number of hydrogen-bond acceptors (Lipinski definition) is 5. The molecule has 0 radical (unpaired) electrons. The molecule has 0 saturated carbocycles. The first kappa shape index (κ1) is 25.9. The maximum atomic E-state index is 13.6. The summed E-state index contributed by atoms with van der Waals surface area (Å²) < 4.78 is 28.9. The standard InChI is InChI=1S/C28H31N3O3S2/c1-21(2)17-30(27(32)26-14-9-15-35-26)19-25-16-29-28(31(25)18-23-11-5-4-6-12-23)36(33,34)20-24-13-8-7-10-22(24)3/h4-16,21H,17-20H2,1-3H3. The minimum absolute atomic E-state index is 0.0256. The van der Waals surface area contributed by atoms with E-state index in [2.05, 4.69) is 18.8 Å². The number of hydrogen-bond donors (Lipinski definition) is 0. The number of aromatic nitrogens is 2. The van der Waals surface area contributed by atoms with E-state index in [0.717, 1.165) is 16.7 Å². The van der Waals surface area contributed by atoms with Crippen LogP contribution in [-0.4, -0.2) is 35.3 Å². The third kappa shape index (κ3) is 6.12. The largest absolute Gasteiger partial charge is 0.332 e. The summed E-state index contributed by atoms with van der Waals surface area (Å²) in [6.07, 6.45) is 1.60. The molecule has 0 aliphatic carbocycles. The molecule has 0 atom stereocenters. The van der Waals surface area contributed by atoms with Crippen molar-refractivity contribution in [3.63, 3.8) is 0 Å². The molecule has 6 nitrogen and oxygen atoms in total. The van der Waals surface area contributed by atoms with Gasteiger partial charge in [-0.15, -0.1) is 11.3 Å². The quantitative estimate of drug-likeness (QED) is 0.273. The first-order valence-corrected chi connectivity index (χ1v) is 14.5. The van der Waals surface area contributed by atoms with Gasteiger partial charge in [-0.05, 0) is 41.0 Å². The summed E-state index contributed by atoms with van der Waals surface area (Å²) >= 11 is 1.41. The van der Waals surface area contributed by atoms with Crippen LogP contribution in [0.3, 0.4) is 0 Å². The maximum Gasteiger partial charge on any atom is 0.264 e. The first-order valence-electron chi connectivity index (χ1n) is 11.9. The van der Waals surface area contributed by atoms with Crippen molar-refractivity contribution in [3.05, 3.63) is 106 Å². The number of rotatable bonds is 10. The van der Waals surface area contributed by atoms with Gasteiger partial charge in [0.1, 0.15) is 0 Å². The number of carbonyl (C=O) groups is 1. The van der Waals surface area contributed by atoms with Crippen molar-refractivity contribution in [2.75, 3.05) is 6.54 Å². The number of benzene rings is 2. The highest BCUT2D eigenvalue weighted by atomic mass is 32.2.